The fraction of sp³-hybridized carbons (Fsp3) is 0.333. The third kappa shape index (κ3) is 2.31. The summed E-state index contributed by atoms with van der Waals surface area (Å²) in [6, 6.07) is 5.25. The second-order valence-corrected chi connectivity index (χ2v) is 2.95. The van der Waals surface area contributed by atoms with Crippen molar-refractivity contribution in [1.29, 1.82) is 0 Å². The van der Waals surface area contributed by atoms with Crippen LogP contribution in [0.4, 0.5) is 5.69 Å². The monoisotopic (exact) mass is 185 g/mol. The molecule has 2 nitrogen and oxygen atoms in total. The number of benzene rings is 1. The Hall–Kier alpha value is -0.890. The minimum absolute atomic E-state index is 0.573. The normalized spacial score (nSPS) is 9.83. The van der Waals surface area contributed by atoms with Crippen LogP contribution in [0.2, 0.25) is 5.02 Å². The minimum Gasteiger partial charge on any atom is -0.492 e. The van der Waals surface area contributed by atoms with Crippen LogP contribution in [0.25, 0.3) is 0 Å². The van der Waals surface area contributed by atoms with Crippen LogP contribution in [0.1, 0.15) is 13.3 Å². The molecule has 0 saturated carbocycles. The third-order valence-corrected chi connectivity index (χ3v) is 1.71. The van der Waals surface area contributed by atoms with Crippen LogP contribution in [0.3, 0.4) is 0 Å². The van der Waals surface area contributed by atoms with Crippen molar-refractivity contribution in [2.24, 2.45) is 0 Å². The van der Waals surface area contributed by atoms with Gasteiger partial charge in [0.15, 0.2) is 0 Å². The molecule has 0 aliphatic rings. The van der Waals surface area contributed by atoms with E-state index in [0.29, 0.717) is 23.1 Å². The van der Waals surface area contributed by atoms with Gasteiger partial charge in [-0.25, -0.2) is 0 Å². The van der Waals surface area contributed by atoms with Crippen LogP contribution >= 0.6 is 11.6 Å². The smallest absolute Gasteiger partial charge is 0.138 e. The Labute approximate surface area is 77.3 Å². The maximum atomic E-state index is 5.86. The van der Waals surface area contributed by atoms with Crippen molar-refractivity contribution in [3.05, 3.63) is 23.2 Å². The average molecular weight is 186 g/mol. The molecule has 1 rings (SSSR count). The molecule has 0 saturated heterocycles. The van der Waals surface area contributed by atoms with E-state index in [2.05, 4.69) is 0 Å². The SMILES string of the molecule is CCCOc1ccc(N)cc1Cl. The second-order valence-electron chi connectivity index (χ2n) is 2.54. The highest BCUT2D eigenvalue weighted by atomic mass is 35.5. The fourth-order valence-corrected chi connectivity index (χ4v) is 1.09. The lowest BCUT2D eigenvalue weighted by Crippen LogP contribution is -1.96. The van der Waals surface area contributed by atoms with Crippen molar-refractivity contribution < 1.29 is 4.74 Å². The van der Waals surface area contributed by atoms with E-state index in [1.807, 2.05) is 6.92 Å². The molecule has 0 spiro atoms. The summed E-state index contributed by atoms with van der Waals surface area (Å²) in [6.45, 7) is 2.73. The first kappa shape index (κ1) is 9.20. The molecule has 0 bridgehead atoms. The summed E-state index contributed by atoms with van der Waals surface area (Å²) >= 11 is 5.86. The Morgan fingerprint density at radius 2 is 2.25 bits per heavy atom. The summed E-state index contributed by atoms with van der Waals surface area (Å²) < 4.78 is 5.35. The molecule has 0 fully saturated rings. The van der Waals surface area contributed by atoms with Crippen molar-refractivity contribution in [3.8, 4) is 5.75 Å². The topological polar surface area (TPSA) is 35.2 Å². The van der Waals surface area contributed by atoms with E-state index in [1.54, 1.807) is 18.2 Å². The number of hydrogen-bond acceptors (Lipinski definition) is 2. The molecule has 66 valence electrons. The summed E-state index contributed by atoms with van der Waals surface area (Å²) in [6.07, 6.45) is 0.973. The zero-order chi connectivity index (χ0) is 8.97. The van der Waals surface area contributed by atoms with E-state index in [4.69, 9.17) is 22.1 Å². The van der Waals surface area contributed by atoms with E-state index in [9.17, 15) is 0 Å². The minimum atomic E-state index is 0.573. The van der Waals surface area contributed by atoms with Crippen LogP contribution in [0.15, 0.2) is 18.2 Å². The van der Waals surface area contributed by atoms with Gasteiger partial charge in [0.25, 0.3) is 0 Å². The Balaban J connectivity index is 2.72. The van der Waals surface area contributed by atoms with Gasteiger partial charge in [-0.15, -0.1) is 0 Å². The fourth-order valence-electron chi connectivity index (χ4n) is 0.846. The first-order valence-corrected chi connectivity index (χ1v) is 4.29. The van der Waals surface area contributed by atoms with E-state index < -0.39 is 0 Å². The zero-order valence-electron chi connectivity index (χ0n) is 7.01. The predicted molar refractivity (Wildman–Crippen MR) is 51.7 cm³/mol. The predicted octanol–water partition coefficient (Wildman–Crippen LogP) is 2.71. The van der Waals surface area contributed by atoms with Crippen molar-refractivity contribution >= 4 is 17.3 Å². The standard InChI is InChI=1S/C9H12ClNO/c1-2-5-12-9-4-3-7(11)6-8(9)10/h3-4,6H,2,5,11H2,1H3. The average Bonchev–Trinajstić information content (AvgIpc) is 2.03. The van der Waals surface area contributed by atoms with Gasteiger partial charge in [0.05, 0.1) is 11.6 Å². The van der Waals surface area contributed by atoms with Gasteiger partial charge in [-0.3, -0.25) is 0 Å². The number of anilines is 1. The van der Waals surface area contributed by atoms with Gasteiger partial charge in [0.1, 0.15) is 5.75 Å². The van der Waals surface area contributed by atoms with Gasteiger partial charge in [-0.1, -0.05) is 18.5 Å². The highest BCUT2D eigenvalue weighted by Gasteiger charge is 1.99. The van der Waals surface area contributed by atoms with Crippen LogP contribution in [-0.2, 0) is 0 Å². The van der Waals surface area contributed by atoms with Gasteiger partial charge in [-0.05, 0) is 24.6 Å². The van der Waals surface area contributed by atoms with Crippen molar-refractivity contribution in [3.63, 3.8) is 0 Å². The molecule has 0 aliphatic carbocycles. The van der Waals surface area contributed by atoms with Crippen molar-refractivity contribution in [2.45, 2.75) is 13.3 Å². The molecule has 12 heavy (non-hydrogen) atoms. The lowest BCUT2D eigenvalue weighted by atomic mass is 10.3. The number of ether oxygens (including phenoxy) is 1. The molecule has 0 radical (unpaired) electrons. The van der Waals surface area contributed by atoms with Crippen LogP contribution in [-0.4, -0.2) is 6.61 Å². The molecular weight excluding hydrogens is 174 g/mol. The van der Waals surface area contributed by atoms with Crippen molar-refractivity contribution in [1.82, 2.24) is 0 Å². The van der Waals surface area contributed by atoms with E-state index in [1.165, 1.54) is 0 Å². The lowest BCUT2D eigenvalue weighted by molar-refractivity contribution is 0.317. The van der Waals surface area contributed by atoms with Gasteiger partial charge < -0.3 is 10.5 Å². The zero-order valence-corrected chi connectivity index (χ0v) is 7.77. The third-order valence-electron chi connectivity index (χ3n) is 1.42. The Bertz CT molecular complexity index is 263. The molecule has 3 heteroatoms. The Morgan fingerprint density at radius 1 is 1.50 bits per heavy atom. The molecule has 0 atom stereocenters. The number of hydrogen-bond donors (Lipinski definition) is 1. The Morgan fingerprint density at radius 3 is 2.83 bits per heavy atom. The highest BCUT2D eigenvalue weighted by Crippen LogP contribution is 2.26. The first-order chi connectivity index (χ1) is 5.74. The van der Waals surface area contributed by atoms with Gasteiger partial charge >= 0.3 is 0 Å². The number of halogens is 1. The van der Waals surface area contributed by atoms with Gasteiger partial charge in [0, 0.05) is 5.69 Å². The highest BCUT2D eigenvalue weighted by molar-refractivity contribution is 6.32. The molecule has 1 aromatic rings. The molecule has 0 aliphatic heterocycles. The number of nitrogens with two attached hydrogens (primary N) is 1. The number of rotatable bonds is 3. The summed E-state index contributed by atoms with van der Waals surface area (Å²) in [4.78, 5) is 0. The molecule has 0 unspecified atom stereocenters. The Kier molecular flexibility index (Phi) is 3.23. The maximum Gasteiger partial charge on any atom is 0.138 e. The van der Waals surface area contributed by atoms with E-state index in [0.717, 1.165) is 6.42 Å². The van der Waals surface area contributed by atoms with E-state index >= 15 is 0 Å². The summed E-state index contributed by atoms with van der Waals surface area (Å²) in [7, 11) is 0. The van der Waals surface area contributed by atoms with Crippen LogP contribution in [0.5, 0.6) is 5.75 Å². The first-order valence-electron chi connectivity index (χ1n) is 3.92. The molecular formula is C9H12ClNO. The summed E-state index contributed by atoms with van der Waals surface area (Å²) in [5.41, 5.74) is 6.17. The lowest BCUT2D eigenvalue weighted by Gasteiger charge is -2.06. The van der Waals surface area contributed by atoms with Crippen LogP contribution < -0.4 is 10.5 Å². The number of nitrogen functional groups attached to an aromatic ring is 1. The summed E-state index contributed by atoms with van der Waals surface area (Å²) in [5, 5.41) is 0.573. The summed E-state index contributed by atoms with van der Waals surface area (Å²) in [5.74, 6) is 0.702. The second kappa shape index (κ2) is 4.21. The van der Waals surface area contributed by atoms with Crippen LogP contribution in [0, 0.1) is 0 Å². The largest absolute Gasteiger partial charge is 0.492 e. The van der Waals surface area contributed by atoms with Crippen molar-refractivity contribution in [2.75, 3.05) is 12.3 Å². The maximum absolute atomic E-state index is 5.86. The molecule has 0 heterocycles. The molecule has 0 amide bonds. The van der Waals surface area contributed by atoms with Gasteiger partial charge in [-0.2, -0.15) is 0 Å². The molecule has 1 aromatic carbocycles. The quantitative estimate of drug-likeness (QED) is 0.735. The molecule has 2 N–H and O–H groups in total. The molecule has 0 aromatic heterocycles. The van der Waals surface area contributed by atoms with Gasteiger partial charge in [0.2, 0.25) is 0 Å². The van der Waals surface area contributed by atoms with E-state index in [-0.39, 0.29) is 0 Å².